The molecule has 102 valence electrons. The van der Waals surface area contributed by atoms with Crippen molar-refractivity contribution >= 4 is 37.6 Å². The molecule has 3 nitrogen and oxygen atoms in total. The average molecular weight is 389 g/mol. The molecule has 1 unspecified atom stereocenters. The molecule has 1 aromatic rings. The lowest BCUT2D eigenvalue weighted by Gasteiger charge is -2.36. The minimum Gasteiger partial charge on any atom is -0.490 e. The number of likely N-dealkylation sites (tertiary alicyclic amines) is 1. The number of ether oxygens (including phenoxy) is 1. The number of Topliss-reactive ketones (excluding diaryl/α,β-unsaturated/α-hetero) is 1. The van der Waals surface area contributed by atoms with Crippen LogP contribution in [0.1, 0.15) is 29.6 Å². The number of halogens is 2. The summed E-state index contributed by atoms with van der Waals surface area (Å²) >= 11 is 6.89. The molecule has 0 saturated carbocycles. The Morgan fingerprint density at radius 2 is 1.89 bits per heavy atom. The van der Waals surface area contributed by atoms with Crippen LogP contribution in [0.4, 0.5) is 0 Å². The predicted octanol–water partition coefficient (Wildman–Crippen LogP) is 3.64. The lowest BCUT2D eigenvalue weighted by atomic mass is 9.98. The van der Waals surface area contributed by atoms with Gasteiger partial charge in [0.2, 0.25) is 0 Å². The molecule has 0 radical (unpaired) electrons. The zero-order valence-corrected chi connectivity index (χ0v) is 13.7. The Kier molecular flexibility index (Phi) is 3.96. The highest BCUT2D eigenvalue weighted by atomic mass is 79.9. The van der Waals surface area contributed by atoms with Gasteiger partial charge in [0.1, 0.15) is 18.4 Å². The molecular formula is C14H15Br2NO2. The van der Waals surface area contributed by atoms with E-state index in [1.165, 1.54) is 19.3 Å². The van der Waals surface area contributed by atoms with Gasteiger partial charge >= 0.3 is 0 Å². The standard InChI is InChI=1S/C14H15Br2NO2/c15-9-6-10-13(18)12(17-4-2-1-3-5-17)8-19-14(10)11(16)7-9/h6-7,12H,1-5,8H2. The van der Waals surface area contributed by atoms with Crippen LogP contribution >= 0.6 is 31.9 Å². The number of carbonyl (C=O) groups excluding carboxylic acids is 1. The fourth-order valence-corrected chi connectivity index (χ4v) is 4.15. The number of ketones is 1. The van der Waals surface area contributed by atoms with Gasteiger partial charge in [-0.1, -0.05) is 22.4 Å². The Bertz CT molecular complexity index is 512. The van der Waals surface area contributed by atoms with E-state index in [0.717, 1.165) is 22.0 Å². The van der Waals surface area contributed by atoms with Crippen molar-refractivity contribution in [2.24, 2.45) is 0 Å². The highest BCUT2D eigenvalue weighted by Crippen LogP contribution is 2.37. The van der Waals surface area contributed by atoms with E-state index in [1.54, 1.807) is 0 Å². The van der Waals surface area contributed by atoms with Crippen LogP contribution < -0.4 is 4.74 Å². The summed E-state index contributed by atoms with van der Waals surface area (Å²) in [6, 6.07) is 3.65. The van der Waals surface area contributed by atoms with Gasteiger partial charge in [-0.2, -0.15) is 0 Å². The fraction of sp³-hybridized carbons (Fsp3) is 0.500. The quantitative estimate of drug-likeness (QED) is 0.735. The van der Waals surface area contributed by atoms with E-state index in [1.807, 2.05) is 12.1 Å². The van der Waals surface area contributed by atoms with Crippen LogP contribution in [0.25, 0.3) is 0 Å². The van der Waals surface area contributed by atoms with Crippen LogP contribution in [-0.4, -0.2) is 36.4 Å². The molecule has 0 spiro atoms. The second kappa shape index (κ2) is 5.54. The maximum Gasteiger partial charge on any atom is 0.187 e. The Hall–Kier alpha value is -0.390. The molecule has 1 fully saturated rings. The van der Waals surface area contributed by atoms with Crippen molar-refractivity contribution in [2.75, 3.05) is 19.7 Å². The van der Waals surface area contributed by atoms with Gasteiger partial charge in [-0.15, -0.1) is 0 Å². The molecule has 0 N–H and O–H groups in total. The van der Waals surface area contributed by atoms with Gasteiger partial charge in [-0.3, -0.25) is 9.69 Å². The van der Waals surface area contributed by atoms with E-state index < -0.39 is 0 Å². The van der Waals surface area contributed by atoms with Crippen LogP contribution in [0.5, 0.6) is 5.75 Å². The Morgan fingerprint density at radius 1 is 1.16 bits per heavy atom. The summed E-state index contributed by atoms with van der Waals surface area (Å²) in [6.07, 6.45) is 3.63. The average Bonchev–Trinajstić information content (AvgIpc) is 2.41. The van der Waals surface area contributed by atoms with E-state index in [2.05, 4.69) is 36.8 Å². The van der Waals surface area contributed by atoms with E-state index in [4.69, 9.17) is 4.74 Å². The SMILES string of the molecule is O=C1c2cc(Br)cc(Br)c2OCC1N1CCCCC1. The van der Waals surface area contributed by atoms with Crippen molar-refractivity contribution in [3.63, 3.8) is 0 Å². The zero-order chi connectivity index (χ0) is 13.4. The largest absolute Gasteiger partial charge is 0.490 e. The molecule has 0 aromatic heterocycles. The normalized spacial score (nSPS) is 23.9. The highest BCUT2D eigenvalue weighted by Gasteiger charge is 2.35. The van der Waals surface area contributed by atoms with Gasteiger partial charge in [0.15, 0.2) is 5.78 Å². The van der Waals surface area contributed by atoms with Gasteiger partial charge in [0, 0.05) is 4.47 Å². The molecule has 1 atom stereocenters. The minimum absolute atomic E-state index is 0.117. The summed E-state index contributed by atoms with van der Waals surface area (Å²) in [5.41, 5.74) is 0.683. The smallest absolute Gasteiger partial charge is 0.187 e. The minimum atomic E-state index is -0.117. The monoisotopic (exact) mass is 387 g/mol. The number of rotatable bonds is 1. The van der Waals surface area contributed by atoms with Gasteiger partial charge in [0.25, 0.3) is 0 Å². The van der Waals surface area contributed by atoms with Crippen molar-refractivity contribution in [1.82, 2.24) is 4.90 Å². The fourth-order valence-electron chi connectivity index (χ4n) is 2.81. The van der Waals surface area contributed by atoms with Crippen LogP contribution in [0.3, 0.4) is 0 Å². The molecule has 0 amide bonds. The lowest BCUT2D eigenvalue weighted by molar-refractivity contribution is 0.0621. The van der Waals surface area contributed by atoms with Crippen LogP contribution in [0.2, 0.25) is 0 Å². The molecule has 2 aliphatic heterocycles. The summed E-state index contributed by atoms with van der Waals surface area (Å²) in [4.78, 5) is 14.9. The van der Waals surface area contributed by atoms with E-state index >= 15 is 0 Å². The number of benzene rings is 1. The summed E-state index contributed by atoms with van der Waals surface area (Å²) in [5, 5.41) is 0. The molecule has 2 aliphatic rings. The Morgan fingerprint density at radius 3 is 2.63 bits per heavy atom. The summed E-state index contributed by atoms with van der Waals surface area (Å²) in [5.74, 6) is 0.867. The van der Waals surface area contributed by atoms with Crippen molar-refractivity contribution in [2.45, 2.75) is 25.3 Å². The second-order valence-electron chi connectivity index (χ2n) is 5.05. The summed E-state index contributed by atoms with van der Waals surface area (Å²) < 4.78 is 7.55. The third-order valence-corrected chi connectivity index (χ3v) is 4.84. The van der Waals surface area contributed by atoms with Gasteiger partial charge in [-0.25, -0.2) is 0 Å². The molecule has 0 bridgehead atoms. The van der Waals surface area contributed by atoms with Crippen LogP contribution in [0, 0.1) is 0 Å². The maximum atomic E-state index is 12.7. The number of hydrogen-bond acceptors (Lipinski definition) is 3. The molecule has 19 heavy (non-hydrogen) atoms. The second-order valence-corrected chi connectivity index (χ2v) is 6.82. The predicted molar refractivity (Wildman–Crippen MR) is 80.9 cm³/mol. The molecule has 5 heteroatoms. The van der Waals surface area contributed by atoms with Crippen molar-refractivity contribution < 1.29 is 9.53 Å². The number of hydrogen-bond donors (Lipinski definition) is 0. The first-order valence-electron chi connectivity index (χ1n) is 6.57. The van der Waals surface area contributed by atoms with E-state index in [0.29, 0.717) is 17.9 Å². The van der Waals surface area contributed by atoms with E-state index in [9.17, 15) is 4.79 Å². The van der Waals surface area contributed by atoms with Crippen molar-refractivity contribution in [1.29, 1.82) is 0 Å². The number of carbonyl (C=O) groups is 1. The van der Waals surface area contributed by atoms with Gasteiger partial charge in [-0.05, 0) is 54.0 Å². The number of fused-ring (bicyclic) bond motifs is 1. The first-order chi connectivity index (χ1) is 9.16. The molecular weight excluding hydrogens is 374 g/mol. The first-order valence-corrected chi connectivity index (χ1v) is 8.15. The number of piperidine rings is 1. The van der Waals surface area contributed by atoms with Gasteiger partial charge in [0.05, 0.1) is 10.0 Å². The maximum absolute atomic E-state index is 12.7. The molecule has 1 saturated heterocycles. The highest BCUT2D eigenvalue weighted by molar-refractivity contribution is 9.11. The third kappa shape index (κ3) is 2.60. The van der Waals surface area contributed by atoms with Crippen molar-refractivity contribution in [3.8, 4) is 5.75 Å². The topological polar surface area (TPSA) is 29.5 Å². The first kappa shape index (κ1) is 13.6. The van der Waals surface area contributed by atoms with Crippen molar-refractivity contribution in [3.05, 3.63) is 26.6 Å². The Labute approximate surface area is 129 Å². The van der Waals surface area contributed by atoms with Gasteiger partial charge < -0.3 is 4.74 Å². The zero-order valence-electron chi connectivity index (χ0n) is 10.5. The summed E-state index contributed by atoms with van der Waals surface area (Å²) in [7, 11) is 0. The Balaban J connectivity index is 1.91. The summed E-state index contributed by atoms with van der Waals surface area (Å²) in [6.45, 7) is 2.47. The molecule has 0 aliphatic carbocycles. The lowest BCUT2D eigenvalue weighted by Crippen LogP contribution is -2.49. The molecule has 1 aromatic carbocycles. The number of nitrogens with zero attached hydrogens (tertiary/aromatic N) is 1. The van der Waals surface area contributed by atoms with Crippen LogP contribution in [-0.2, 0) is 0 Å². The molecule has 2 heterocycles. The molecule has 3 rings (SSSR count). The van der Waals surface area contributed by atoms with Crippen LogP contribution in [0.15, 0.2) is 21.1 Å². The van der Waals surface area contributed by atoms with E-state index in [-0.39, 0.29) is 11.8 Å². The third-order valence-electron chi connectivity index (χ3n) is 3.79.